The van der Waals surface area contributed by atoms with E-state index in [2.05, 4.69) is 16.3 Å². The molecule has 6 atom stereocenters. The summed E-state index contributed by atoms with van der Waals surface area (Å²) in [6, 6.07) is 44.5. The molecule has 4 aliphatic rings. The Labute approximate surface area is 353 Å². The number of rotatable bonds is 7. The number of azo groups is 1. The van der Waals surface area contributed by atoms with E-state index in [4.69, 9.17) is 0 Å². The number of allylic oxidation sites excluding steroid dienone is 4. The Hall–Kier alpha value is -7.26. The van der Waals surface area contributed by atoms with Gasteiger partial charge in [-0.2, -0.15) is 10.2 Å². The average molecular weight is 803 g/mol. The molecule has 1 aliphatic heterocycles. The van der Waals surface area contributed by atoms with Crippen molar-refractivity contribution >= 4 is 62.5 Å². The van der Waals surface area contributed by atoms with E-state index >= 15 is 9.59 Å². The van der Waals surface area contributed by atoms with E-state index in [1.165, 1.54) is 11.0 Å². The standard InChI is InChI=1S/C52H42N4O5/c1-55(2)35-21-17-33(18-22-35)53-54-34-19-23-36(24-20-34)56-50(60)41-26-25-40-43(47(41)51(56)61)29-44-49(59)42(31-11-5-3-6-12-31)30-46(58)52(44,32-13-7-4-8-14-32)48(40)39-27-28-45(57)38-16-10-9-15-37(38)39/h3-25,27-28,30,41,43-44,47-48,57H,26,29H2,1-2H3/t41-,43+,44-,47-,48-,52-/m0/s1. The number of phenolic OH excluding ortho intramolecular Hbond substituents is 1. The molecule has 300 valence electrons. The molecule has 1 N–H and O–H groups in total. The Morgan fingerprint density at radius 3 is 1.97 bits per heavy atom. The number of anilines is 2. The van der Waals surface area contributed by atoms with Gasteiger partial charge in [0.25, 0.3) is 0 Å². The third kappa shape index (κ3) is 5.98. The number of phenols is 1. The first kappa shape index (κ1) is 38.0. The summed E-state index contributed by atoms with van der Waals surface area (Å²) in [4.78, 5) is 63.5. The molecular formula is C52H42N4O5. The van der Waals surface area contributed by atoms with Crippen LogP contribution in [-0.2, 0) is 24.6 Å². The summed E-state index contributed by atoms with van der Waals surface area (Å²) in [5.74, 6) is -4.38. The number of amides is 2. The van der Waals surface area contributed by atoms with Gasteiger partial charge in [-0.1, -0.05) is 103 Å². The lowest BCUT2D eigenvalue weighted by Crippen LogP contribution is -2.58. The molecule has 1 saturated carbocycles. The second-order valence-electron chi connectivity index (χ2n) is 16.6. The number of ketones is 2. The van der Waals surface area contributed by atoms with Gasteiger partial charge in [-0.25, -0.2) is 0 Å². The van der Waals surface area contributed by atoms with Gasteiger partial charge in [-0.15, -0.1) is 0 Å². The first-order valence-corrected chi connectivity index (χ1v) is 20.7. The summed E-state index contributed by atoms with van der Waals surface area (Å²) < 4.78 is 0. The molecule has 61 heavy (non-hydrogen) atoms. The van der Waals surface area contributed by atoms with Crippen molar-refractivity contribution < 1.29 is 24.3 Å². The SMILES string of the molecule is CN(C)c1ccc(N=Nc2ccc(N3C(=O)[C@H]4[C@H](CC=C5[C@H]4C[C@H]4C(=O)C(c6ccccc6)=CC(=O)[C@@]4(c4ccccc4)[C@H]5c4ccc(O)c5ccccc45)C3=O)cc2)cc1. The lowest BCUT2D eigenvalue weighted by Gasteiger charge is -2.55. The second-order valence-corrected chi connectivity index (χ2v) is 16.6. The van der Waals surface area contributed by atoms with Crippen LogP contribution in [0.25, 0.3) is 16.3 Å². The summed E-state index contributed by atoms with van der Waals surface area (Å²) >= 11 is 0. The minimum atomic E-state index is -1.38. The second kappa shape index (κ2) is 14.8. The van der Waals surface area contributed by atoms with Crippen molar-refractivity contribution in [3.8, 4) is 5.75 Å². The van der Waals surface area contributed by atoms with E-state index in [0.29, 0.717) is 45.6 Å². The highest BCUT2D eigenvalue weighted by atomic mass is 16.3. The quantitative estimate of drug-likeness (QED) is 0.0975. The number of nitrogens with zero attached hydrogens (tertiary/aromatic N) is 4. The van der Waals surface area contributed by atoms with Crippen LogP contribution >= 0.6 is 0 Å². The molecule has 2 fully saturated rings. The van der Waals surface area contributed by atoms with Gasteiger partial charge >= 0.3 is 0 Å². The van der Waals surface area contributed by atoms with Crippen LogP contribution in [-0.4, -0.2) is 42.6 Å². The Kier molecular flexibility index (Phi) is 9.20. The van der Waals surface area contributed by atoms with Crippen molar-refractivity contribution in [2.24, 2.45) is 33.9 Å². The van der Waals surface area contributed by atoms with Gasteiger partial charge in [0.2, 0.25) is 11.8 Å². The normalized spacial score (nSPS) is 24.6. The number of aromatic hydroxyl groups is 1. The lowest BCUT2D eigenvalue weighted by atomic mass is 9.44. The van der Waals surface area contributed by atoms with Gasteiger partial charge in [0.05, 0.1) is 34.3 Å². The number of carbonyl (C=O) groups is 4. The van der Waals surface area contributed by atoms with Crippen molar-refractivity contribution in [3.05, 3.63) is 180 Å². The highest BCUT2D eigenvalue weighted by Crippen LogP contribution is 2.64. The zero-order valence-corrected chi connectivity index (χ0v) is 33.7. The van der Waals surface area contributed by atoms with E-state index in [9.17, 15) is 14.7 Å². The minimum absolute atomic E-state index is 0.102. The summed E-state index contributed by atoms with van der Waals surface area (Å²) in [6.45, 7) is 0. The van der Waals surface area contributed by atoms with Crippen molar-refractivity contribution in [2.45, 2.75) is 24.2 Å². The predicted octanol–water partition coefficient (Wildman–Crippen LogP) is 10.1. The number of hydrogen-bond donors (Lipinski definition) is 1. The van der Waals surface area contributed by atoms with Gasteiger partial charge in [-0.3, -0.25) is 24.1 Å². The number of imide groups is 1. The molecular weight excluding hydrogens is 761 g/mol. The number of fused-ring (bicyclic) bond motifs is 5. The number of Topliss-reactive ketones (excluding diaryl/α,β-unsaturated/α-hetero) is 1. The Bertz CT molecular complexity index is 2850. The Balaban J connectivity index is 1.08. The number of carbonyl (C=O) groups excluding carboxylic acids is 4. The van der Waals surface area contributed by atoms with Gasteiger partial charge in [0.15, 0.2) is 11.6 Å². The van der Waals surface area contributed by atoms with Crippen molar-refractivity contribution in [1.29, 1.82) is 0 Å². The van der Waals surface area contributed by atoms with Crippen LogP contribution in [0.1, 0.15) is 35.4 Å². The molecule has 0 aromatic heterocycles. The van der Waals surface area contributed by atoms with Crippen LogP contribution in [0.2, 0.25) is 0 Å². The fourth-order valence-electron chi connectivity index (χ4n) is 10.6. The minimum Gasteiger partial charge on any atom is -0.507 e. The average Bonchev–Trinajstić information content (AvgIpc) is 3.56. The van der Waals surface area contributed by atoms with Crippen LogP contribution in [0, 0.1) is 23.7 Å². The van der Waals surface area contributed by atoms with Gasteiger partial charge in [0.1, 0.15) is 5.75 Å². The molecule has 9 nitrogen and oxygen atoms in total. The third-order valence-electron chi connectivity index (χ3n) is 13.4. The largest absolute Gasteiger partial charge is 0.507 e. The topological polar surface area (TPSA) is 120 Å². The Morgan fingerprint density at radius 1 is 0.672 bits per heavy atom. The first-order valence-electron chi connectivity index (χ1n) is 20.7. The monoisotopic (exact) mass is 802 g/mol. The van der Waals surface area contributed by atoms with Crippen LogP contribution in [0.4, 0.5) is 22.7 Å². The first-order chi connectivity index (χ1) is 29.7. The molecule has 1 heterocycles. The summed E-state index contributed by atoms with van der Waals surface area (Å²) in [6.07, 6.45) is 4.09. The molecule has 6 aromatic rings. The highest BCUT2D eigenvalue weighted by molar-refractivity contribution is 6.32. The summed E-state index contributed by atoms with van der Waals surface area (Å²) in [5, 5.41) is 21.2. The molecule has 1 saturated heterocycles. The molecule has 10 rings (SSSR count). The van der Waals surface area contributed by atoms with Crippen molar-refractivity contribution in [2.75, 3.05) is 23.9 Å². The van der Waals surface area contributed by atoms with E-state index in [0.717, 1.165) is 22.2 Å². The van der Waals surface area contributed by atoms with Gasteiger partial charge in [0, 0.05) is 42.6 Å². The Morgan fingerprint density at radius 2 is 1.30 bits per heavy atom. The third-order valence-corrected chi connectivity index (χ3v) is 13.4. The molecule has 0 spiro atoms. The molecule has 0 unspecified atom stereocenters. The van der Waals surface area contributed by atoms with Crippen LogP contribution in [0.15, 0.2) is 174 Å². The fraction of sp³-hybridized carbons (Fsp3) is 0.192. The fourth-order valence-corrected chi connectivity index (χ4v) is 10.6. The van der Waals surface area contributed by atoms with Crippen molar-refractivity contribution in [3.63, 3.8) is 0 Å². The number of benzene rings is 6. The zero-order chi connectivity index (χ0) is 42.0. The molecule has 9 heteroatoms. The maximum atomic E-state index is 15.5. The van der Waals surface area contributed by atoms with Gasteiger partial charge < -0.3 is 10.0 Å². The zero-order valence-electron chi connectivity index (χ0n) is 33.7. The summed E-state index contributed by atoms with van der Waals surface area (Å²) in [5.41, 5.74) is 4.72. The molecule has 2 amide bonds. The molecule has 3 aliphatic carbocycles. The van der Waals surface area contributed by atoms with E-state index in [1.54, 1.807) is 30.3 Å². The van der Waals surface area contributed by atoms with Gasteiger partial charge in [-0.05, 0) is 102 Å². The number of hydrogen-bond acceptors (Lipinski definition) is 8. The molecule has 0 bridgehead atoms. The van der Waals surface area contributed by atoms with Crippen LogP contribution in [0.5, 0.6) is 5.75 Å². The highest BCUT2D eigenvalue weighted by Gasteiger charge is 2.66. The maximum absolute atomic E-state index is 15.5. The molecule has 6 aromatic carbocycles. The predicted molar refractivity (Wildman–Crippen MR) is 236 cm³/mol. The molecule has 0 radical (unpaired) electrons. The van der Waals surface area contributed by atoms with E-state index < -0.39 is 35.0 Å². The summed E-state index contributed by atoms with van der Waals surface area (Å²) in [7, 11) is 3.94. The van der Waals surface area contributed by atoms with Crippen LogP contribution in [0.3, 0.4) is 0 Å². The van der Waals surface area contributed by atoms with Crippen LogP contribution < -0.4 is 9.80 Å². The van der Waals surface area contributed by atoms with E-state index in [-0.39, 0.29) is 35.6 Å². The van der Waals surface area contributed by atoms with E-state index in [1.807, 2.05) is 134 Å². The smallest absolute Gasteiger partial charge is 0.238 e. The maximum Gasteiger partial charge on any atom is 0.238 e. The lowest BCUT2D eigenvalue weighted by molar-refractivity contribution is -0.134. The van der Waals surface area contributed by atoms with Crippen molar-refractivity contribution in [1.82, 2.24) is 0 Å².